The minimum Gasteiger partial charge on any atom is -0.308 e. The zero-order chi connectivity index (χ0) is 14.5. The lowest BCUT2D eigenvalue weighted by atomic mass is 10.00. The number of allylic oxidation sites excluding steroid dienone is 1. The van der Waals surface area contributed by atoms with E-state index in [4.69, 9.17) is 0 Å². The second-order valence-electron chi connectivity index (χ2n) is 5.32. The Morgan fingerprint density at radius 3 is 2.82 bits per heavy atom. The van der Waals surface area contributed by atoms with E-state index in [1.807, 2.05) is 12.3 Å². The van der Waals surface area contributed by atoms with Gasteiger partial charge in [-0.25, -0.2) is 9.37 Å². The van der Waals surface area contributed by atoms with Crippen LogP contribution < -0.4 is 5.32 Å². The van der Waals surface area contributed by atoms with Crippen LogP contribution in [0.5, 0.6) is 0 Å². The molecule has 0 spiro atoms. The molecule has 0 amide bonds. The molecule has 2 aromatic rings. The molecule has 0 unspecified atom stereocenters. The lowest BCUT2D eigenvalue weighted by Gasteiger charge is -2.12. The van der Waals surface area contributed by atoms with E-state index in [0.29, 0.717) is 5.56 Å². The molecule has 5 heteroatoms. The van der Waals surface area contributed by atoms with E-state index < -0.39 is 0 Å². The molecule has 22 heavy (non-hydrogen) atoms. The van der Waals surface area contributed by atoms with Gasteiger partial charge in [0.2, 0.25) is 0 Å². The summed E-state index contributed by atoms with van der Waals surface area (Å²) in [6, 6.07) is 6.79. The van der Waals surface area contributed by atoms with E-state index in [9.17, 15) is 4.39 Å². The maximum absolute atomic E-state index is 13.7. The number of rotatable bonds is 5. The second kappa shape index (κ2) is 8.42. The fraction of sp³-hybridized carbons (Fsp3) is 0.353. The van der Waals surface area contributed by atoms with E-state index in [2.05, 4.69) is 16.4 Å². The average Bonchev–Trinajstić information content (AvgIpc) is 2.97. The van der Waals surface area contributed by atoms with Crippen LogP contribution >= 0.6 is 23.7 Å². The number of nitrogens with one attached hydrogen (secondary N) is 1. The lowest BCUT2D eigenvalue weighted by Crippen LogP contribution is -2.16. The van der Waals surface area contributed by atoms with Crippen molar-refractivity contribution in [2.75, 3.05) is 6.54 Å². The van der Waals surface area contributed by atoms with E-state index in [1.165, 1.54) is 37.3 Å². The summed E-state index contributed by atoms with van der Waals surface area (Å²) in [4.78, 5) is 5.48. The van der Waals surface area contributed by atoms with Gasteiger partial charge in [0.25, 0.3) is 0 Å². The van der Waals surface area contributed by atoms with Crippen molar-refractivity contribution in [1.29, 1.82) is 0 Å². The fourth-order valence-corrected chi connectivity index (χ4v) is 3.47. The molecule has 0 aliphatic heterocycles. The Balaban J connectivity index is 0.00000176. The van der Waals surface area contributed by atoms with Gasteiger partial charge in [0.15, 0.2) is 0 Å². The van der Waals surface area contributed by atoms with Gasteiger partial charge in [-0.1, -0.05) is 23.8 Å². The predicted octanol–water partition coefficient (Wildman–Crippen LogP) is 4.96. The van der Waals surface area contributed by atoms with Gasteiger partial charge in [-0.05, 0) is 37.8 Å². The zero-order valence-corrected chi connectivity index (χ0v) is 14.0. The first-order valence-corrected chi connectivity index (χ1v) is 8.23. The predicted molar refractivity (Wildman–Crippen MR) is 93.0 cm³/mol. The smallest absolute Gasteiger partial charge is 0.133 e. The summed E-state index contributed by atoms with van der Waals surface area (Å²) in [7, 11) is 0. The summed E-state index contributed by atoms with van der Waals surface area (Å²) in [6.45, 7) is 1.75. The molecule has 0 saturated carbocycles. The highest BCUT2D eigenvalue weighted by Gasteiger charge is 2.09. The Morgan fingerprint density at radius 1 is 1.18 bits per heavy atom. The van der Waals surface area contributed by atoms with Crippen molar-refractivity contribution in [1.82, 2.24) is 10.3 Å². The van der Waals surface area contributed by atoms with Crippen LogP contribution in [0.25, 0.3) is 10.6 Å². The molecule has 0 fully saturated rings. The van der Waals surface area contributed by atoms with Gasteiger partial charge < -0.3 is 5.32 Å². The summed E-state index contributed by atoms with van der Waals surface area (Å²) < 4.78 is 13.7. The molecule has 3 rings (SSSR count). The van der Waals surface area contributed by atoms with Crippen molar-refractivity contribution in [2.24, 2.45) is 0 Å². The second-order valence-corrected chi connectivity index (χ2v) is 6.44. The van der Waals surface area contributed by atoms with Crippen molar-refractivity contribution < 1.29 is 4.39 Å². The first kappa shape index (κ1) is 17.1. The third-order valence-electron chi connectivity index (χ3n) is 3.69. The molecule has 1 N–H and O–H groups in total. The summed E-state index contributed by atoms with van der Waals surface area (Å²) in [5.74, 6) is -0.210. The molecule has 0 saturated heterocycles. The Bertz CT molecular complexity index is 639. The molecule has 1 aromatic heterocycles. The maximum atomic E-state index is 13.7. The van der Waals surface area contributed by atoms with Crippen LogP contribution in [0.3, 0.4) is 0 Å². The molecule has 1 heterocycles. The quantitative estimate of drug-likeness (QED) is 0.779. The monoisotopic (exact) mass is 338 g/mol. The fourth-order valence-electron chi connectivity index (χ4n) is 2.56. The topological polar surface area (TPSA) is 24.9 Å². The third-order valence-corrected chi connectivity index (χ3v) is 4.72. The Morgan fingerprint density at radius 2 is 2.05 bits per heavy atom. The number of hydrogen-bond donors (Lipinski definition) is 1. The zero-order valence-electron chi connectivity index (χ0n) is 12.3. The number of aromatic nitrogens is 1. The maximum Gasteiger partial charge on any atom is 0.133 e. The van der Waals surface area contributed by atoms with Gasteiger partial charge in [-0.15, -0.1) is 23.7 Å². The molecule has 118 valence electrons. The molecule has 0 bridgehead atoms. The highest BCUT2D eigenvalue weighted by Crippen LogP contribution is 2.27. The summed E-state index contributed by atoms with van der Waals surface area (Å²) in [6.07, 6.45) is 9.27. The van der Waals surface area contributed by atoms with Gasteiger partial charge in [0.05, 0.1) is 0 Å². The van der Waals surface area contributed by atoms with Crippen molar-refractivity contribution in [3.8, 4) is 10.6 Å². The summed E-state index contributed by atoms with van der Waals surface area (Å²) in [5, 5.41) is 4.21. The minimum absolute atomic E-state index is 0. The van der Waals surface area contributed by atoms with Gasteiger partial charge in [-0.3, -0.25) is 0 Å². The highest BCUT2D eigenvalue weighted by atomic mass is 35.5. The van der Waals surface area contributed by atoms with E-state index in [-0.39, 0.29) is 18.2 Å². The molecule has 1 aliphatic carbocycles. The Labute approximate surface area is 140 Å². The van der Waals surface area contributed by atoms with Crippen LogP contribution in [0.2, 0.25) is 0 Å². The average molecular weight is 339 g/mol. The van der Waals surface area contributed by atoms with Crippen LogP contribution in [0.1, 0.15) is 30.6 Å². The third kappa shape index (κ3) is 4.38. The normalized spacial score (nSPS) is 14.3. The number of thiazole rings is 1. The number of halogens is 2. The SMILES string of the molecule is Cl.Fc1ccccc1-c1ncc(CNCC2=CCCCC2)s1. The number of benzene rings is 1. The van der Waals surface area contributed by atoms with Crippen LogP contribution in [-0.2, 0) is 6.54 Å². The van der Waals surface area contributed by atoms with Crippen molar-refractivity contribution >= 4 is 23.7 Å². The van der Waals surface area contributed by atoms with E-state index in [1.54, 1.807) is 23.5 Å². The first-order valence-electron chi connectivity index (χ1n) is 7.41. The summed E-state index contributed by atoms with van der Waals surface area (Å²) >= 11 is 1.55. The molecule has 0 atom stereocenters. The Kier molecular flexibility index (Phi) is 6.55. The molecule has 2 nitrogen and oxygen atoms in total. The molecule has 1 aromatic carbocycles. The number of hydrogen-bond acceptors (Lipinski definition) is 3. The van der Waals surface area contributed by atoms with Gasteiger partial charge >= 0.3 is 0 Å². The summed E-state index contributed by atoms with van der Waals surface area (Å²) in [5.41, 5.74) is 2.10. The first-order chi connectivity index (χ1) is 10.3. The molecular formula is C17H20ClFN2S. The van der Waals surface area contributed by atoms with E-state index >= 15 is 0 Å². The lowest BCUT2D eigenvalue weighted by molar-refractivity contribution is 0.631. The highest BCUT2D eigenvalue weighted by molar-refractivity contribution is 7.15. The Hall–Kier alpha value is -1.23. The van der Waals surface area contributed by atoms with Gasteiger partial charge in [0, 0.05) is 29.7 Å². The molecule has 0 radical (unpaired) electrons. The van der Waals surface area contributed by atoms with Crippen molar-refractivity contribution in [3.05, 3.63) is 52.8 Å². The van der Waals surface area contributed by atoms with Crippen molar-refractivity contribution in [2.45, 2.75) is 32.2 Å². The molecular weight excluding hydrogens is 319 g/mol. The van der Waals surface area contributed by atoms with E-state index in [0.717, 1.165) is 23.0 Å². The van der Waals surface area contributed by atoms with Crippen LogP contribution in [0.4, 0.5) is 4.39 Å². The van der Waals surface area contributed by atoms with Crippen LogP contribution in [0, 0.1) is 5.82 Å². The van der Waals surface area contributed by atoms with Gasteiger partial charge in [-0.2, -0.15) is 0 Å². The van der Waals surface area contributed by atoms with Crippen LogP contribution in [0.15, 0.2) is 42.1 Å². The standard InChI is InChI=1S/C17H19FN2S.ClH/c18-16-9-5-4-8-15(16)17-20-12-14(21-17)11-19-10-13-6-2-1-3-7-13;/h4-6,8-9,12,19H,1-3,7,10-11H2;1H. The van der Waals surface area contributed by atoms with Crippen molar-refractivity contribution in [3.63, 3.8) is 0 Å². The van der Waals surface area contributed by atoms with Gasteiger partial charge in [0.1, 0.15) is 10.8 Å². The molecule has 1 aliphatic rings. The van der Waals surface area contributed by atoms with Crippen LogP contribution in [-0.4, -0.2) is 11.5 Å². The minimum atomic E-state index is -0.210. The number of nitrogens with zero attached hydrogens (tertiary/aromatic N) is 1. The largest absolute Gasteiger partial charge is 0.308 e.